The SMILES string of the molecule is N#C/C(=C(\O)CCl)c1nc2ccccc2c(=O)[nH]1. The van der Waals surface area contributed by atoms with E-state index in [-0.39, 0.29) is 28.6 Å². The third kappa shape index (κ3) is 2.06. The number of allylic oxidation sites excluding steroid dienone is 2. The van der Waals surface area contributed by atoms with E-state index in [0.29, 0.717) is 10.9 Å². The van der Waals surface area contributed by atoms with E-state index in [1.165, 1.54) is 0 Å². The normalized spacial score (nSPS) is 12.0. The monoisotopic (exact) mass is 261 g/mol. The number of nitriles is 1. The number of rotatable bonds is 2. The zero-order valence-electron chi connectivity index (χ0n) is 9.14. The molecule has 1 aromatic heterocycles. The second-order valence-electron chi connectivity index (χ2n) is 3.50. The van der Waals surface area contributed by atoms with Crippen LogP contribution >= 0.6 is 11.6 Å². The molecule has 0 fully saturated rings. The Morgan fingerprint density at radius 1 is 1.50 bits per heavy atom. The van der Waals surface area contributed by atoms with Crippen molar-refractivity contribution in [1.29, 1.82) is 5.26 Å². The minimum atomic E-state index is -0.370. The molecule has 0 radical (unpaired) electrons. The third-order valence-corrected chi connectivity index (χ3v) is 2.63. The minimum Gasteiger partial charge on any atom is -0.510 e. The van der Waals surface area contributed by atoms with Gasteiger partial charge in [-0.1, -0.05) is 12.1 Å². The topological polar surface area (TPSA) is 89.8 Å². The van der Waals surface area contributed by atoms with Crippen LogP contribution in [0.4, 0.5) is 0 Å². The number of aromatic amines is 1. The molecular weight excluding hydrogens is 254 g/mol. The van der Waals surface area contributed by atoms with Gasteiger partial charge in [0.05, 0.1) is 16.8 Å². The van der Waals surface area contributed by atoms with Crippen molar-refractivity contribution in [3.8, 4) is 6.07 Å². The largest absolute Gasteiger partial charge is 0.510 e. The molecule has 0 aliphatic heterocycles. The van der Waals surface area contributed by atoms with E-state index in [4.69, 9.17) is 16.9 Å². The van der Waals surface area contributed by atoms with Gasteiger partial charge >= 0.3 is 0 Å². The molecule has 6 heteroatoms. The van der Waals surface area contributed by atoms with Crippen LogP contribution in [0.3, 0.4) is 0 Å². The second kappa shape index (κ2) is 4.90. The molecule has 1 heterocycles. The van der Waals surface area contributed by atoms with Gasteiger partial charge in [0.1, 0.15) is 17.4 Å². The smallest absolute Gasteiger partial charge is 0.259 e. The highest BCUT2D eigenvalue weighted by Crippen LogP contribution is 2.15. The second-order valence-corrected chi connectivity index (χ2v) is 3.77. The van der Waals surface area contributed by atoms with Crippen molar-refractivity contribution in [2.24, 2.45) is 0 Å². The molecule has 0 spiro atoms. The number of halogens is 1. The van der Waals surface area contributed by atoms with Gasteiger partial charge in [0.25, 0.3) is 5.56 Å². The summed E-state index contributed by atoms with van der Waals surface area (Å²) in [5, 5.41) is 18.9. The van der Waals surface area contributed by atoms with Crippen LogP contribution in [0.5, 0.6) is 0 Å². The average Bonchev–Trinajstić information content (AvgIpc) is 2.39. The summed E-state index contributed by atoms with van der Waals surface area (Å²) in [6, 6.07) is 8.50. The van der Waals surface area contributed by atoms with E-state index < -0.39 is 0 Å². The van der Waals surface area contributed by atoms with E-state index in [1.807, 2.05) is 0 Å². The van der Waals surface area contributed by atoms with Crippen LogP contribution in [0.2, 0.25) is 0 Å². The van der Waals surface area contributed by atoms with E-state index >= 15 is 0 Å². The maximum Gasteiger partial charge on any atom is 0.259 e. The number of alkyl halides is 1. The lowest BCUT2D eigenvalue weighted by atomic mass is 10.2. The zero-order chi connectivity index (χ0) is 13.1. The van der Waals surface area contributed by atoms with Gasteiger partial charge in [-0.25, -0.2) is 4.98 Å². The lowest BCUT2D eigenvalue weighted by molar-refractivity contribution is 0.419. The molecule has 0 aliphatic carbocycles. The summed E-state index contributed by atoms with van der Waals surface area (Å²) in [4.78, 5) is 18.4. The van der Waals surface area contributed by atoms with E-state index in [1.54, 1.807) is 30.3 Å². The number of aromatic nitrogens is 2. The van der Waals surface area contributed by atoms with Crippen LogP contribution in [0, 0.1) is 11.3 Å². The lowest BCUT2D eigenvalue weighted by Crippen LogP contribution is -2.12. The quantitative estimate of drug-likeness (QED) is 0.491. The van der Waals surface area contributed by atoms with Gasteiger partial charge in [-0.05, 0) is 12.1 Å². The maximum absolute atomic E-state index is 11.8. The average molecular weight is 262 g/mol. The van der Waals surface area contributed by atoms with Crippen LogP contribution in [0.25, 0.3) is 16.5 Å². The molecule has 2 aromatic rings. The summed E-state index contributed by atoms with van der Waals surface area (Å²) in [7, 11) is 0. The van der Waals surface area contributed by atoms with Gasteiger partial charge in [0, 0.05) is 0 Å². The van der Waals surface area contributed by atoms with E-state index in [2.05, 4.69) is 9.97 Å². The molecule has 2 rings (SSSR count). The Morgan fingerprint density at radius 3 is 2.89 bits per heavy atom. The summed E-state index contributed by atoms with van der Waals surface area (Å²) in [6.07, 6.45) is 0. The van der Waals surface area contributed by atoms with E-state index in [0.717, 1.165) is 0 Å². The van der Waals surface area contributed by atoms with Crippen molar-refractivity contribution in [3.63, 3.8) is 0 Å². The van der Waals surface area contributed by atoms with Crippen molar-refractivity contribution in [2.75, 3.05) is 5.88 Å². The molecular formula is C12H8ClN3O2. The Bertz CT molecular complexity index is 728. The standard InChI is InChI=1S/C12H8ClN3O2/c13-5-10(17)8(6-14)11-15-9-4-2-1-3-7(9)12(18)16-11/h1-4,17H,5H2,(H,15,16,18)/b10-8+. The van der Waals surface area contributed by atoms with Crippen molar-refractivity contribution in [3.05, 3.63) is 46.2 Å². The van der Waals surface area contributed by atoms with Gasteiger partial charge in [-0.3, -0.25) is 4.79 Å². The molecule has 0 unspecified atom stereocenters. The molecule has 2 N–H and O–H groups in total. The first-order chi connectivity index (χ1) is 8.67. The number of fused-ring (bicyclic) bond motifs is 1. The van der Waals surface area contributed by atoms with Crippen molar-refractivity contribution < 1.29 is 5.11 Å². The Balaban J connectivity index is 2.75. The van der Waals surface area contributed by atoms with Crippen LogP contribution < -0.4 is 5.56 Å². The number of para-hydroxylation sites is 1. The molecule has 90 valence electrons. The fourth-order valence-electron chi connectivity index (χ4n) is 1.53. The molecule has 18 heavy (non-hydrogen) atoms. The molecule has 0 saturated heterocycles. The number of aliphatic hydroxyl groups excluding tert-OH is 1. The first-order valence-corrected chi connectivity index (χ1v) is 5.58. The first kappa shape index (κ1) is 12.1. The summed E-state index contributed by atoms with van der Waals surface area (Å²) in [5.41, 5.74) is -0.0510. The molecule has 0 bridgehead atoms. The molecule has 0 saturated carbocycles. The third-order valence-electron chi connectivity index (χ3n) is 2.38. The fourth-order valence-corrected chi connectivity index (χ4v) is 1.66. The number of nitrogens with zero attached hydrogens (tertiary/aromatic N) is 2. The highest BCUT2D eigenvalue weighted by atomic mass is 35.5. The number of benzene rings is 1. The predicted molar refractivity (Wildman–Crippen MR) is 68.2 cm³/mol. The molecule has 0 atom stereocenters. The lowest BCUT2D eigenvalue weighted by Gasteiger charge is -2.02. The number of H-pyrrole nitrogens is 1. The number of hydrogen-bond acceptors (Lipinski definition) is 4. The van der Waals surface area contributed by atoms with Crippen LogP contribution in [-0.2, 0) is 0 Å². The van der Waals surface area contributed by atoms with Crippen molar-refractivity contribution in [1.82, 2.24) is 9.97 Å². The number of aliphatic hydroxyl groups is 1. The Morgan fingerprint density at radius 2 is 2.22 bits per heavy atom. The summed E-state index contributed by atoms with van der Waals surface area (Å²) < 4.78 is 0. The van der Waals surface area contributed by atoms with Gasteiger partial charge < -0.3 is 10.1 Å². The van der Waals surface area contributed by atoms with Gasteiger partial charge in [-0.2, -0.15) is 5.26 Å². The molecule has 0 amide bonds. The van der Waals surface area contributed by atoms with Gasteiger partial charge in [0.2, 0.25) is 0 Å². The highest BCUT2D eigenvalue weighted by Gasteiger charge is 2.12. The summed E-state index contributed by atoms with van der Waals surface area (Å²) >= 11 is 5.45. The molecule has 1 aromatic carbocycles. The minimum absolute atomic E-state index is 0.0133. The van der Waals surface area contributed by atoms with Crippen LogP contribution in [0.15, 0.2) is 34.8 Å². The Kier molecular flexibility index (Phi) is 3.31. The Hall–Kier alpha value is -2.32. The molecule has 5 nitrogen and oxygen atoms in total. The number of hydrogen-bond donors (Lipinski definition) is 2. The predicted octanol–water partition coefficient (Wildman–Crippen LogP) is 1.95. The summed E-state index contributed by atoms with van der Waals surface area (Å²) in [6.45, 7) is 0. The first-order valence-electron chi connectivity index (χ1n) is 5.05. The molecule has 0 aliphatic rings. The van der Waals surface area contributed by atoms with E-state index in [9.17, 15) is 9.90 Å². The van der Waals surface area contributed by atoms with Gasteiger partial charge in [0.15, 0.2) is 5.82 Å². The van der Waals surface area contributed by atoms with Crippen LogP contribution in [-0.4, -0.2) is 21.0 Å². The van der Waals surface area contributed by atoms with Crippen molar-refractivity contribution >= 4 is 28.1 Å². The van der Waals surface area contributed by atoms with Crippen LogP contribution in [0.1, 0.15) is 5.82 Å². The highest BCUT2D eigenvalue weighted by molar-refractivity contribution is 6.19. The fraction of sp³-hybridized carbons (Fsp3) is 0.0833. The Labute approximate surface area is 107 Å². The van der Waals surface area contributed by atoms with Gasteiger partial charge in [-0.15, -0.1) is 11.6 Å². The summed E-state index contributed by atoms with van der Waals surface area (Å²) in [5.74, 6) is -0.531. The zero-order valence-corrected chi connectivity index (χ0v) is 9.90. The maximum atomic E-state index is 11.8. The van der Waals surface area contributed by atoms with Crippen molar-refractivity contribution in [2.45, 2.75) is 0 Å². The number of nitrogens with one attached hydrogen (secondary N) is 1.